The molecule has 0 heterocycles. The first kappa shape index (κ1) is 31.8. The van der Waals surface area contributed by atoms with Crippen LogP contribution in [0.25, 0.3) is 55.6 Å². The predicted molar refractivity (Wildman–Crippen MR) is 223 cm³/mol. The van der Waals surface area contributed by atoms with Gasteiger partial charge in [-0.1, -0.05) is 189 Å². The Morgan fingerprint density at radius 1 is 0.302 bits per heavy atom. The van der Waals surface area contributed by atoms with Crippen molar-refractivity contribution in [2.75, 3.05) is 0 Å². The maximum absolute atomic E-state index is 6.93. The number of rotatable bonds is 4. The van der Waals surface area contributed by atoms with Gasteiger partial charge >= 0.3 is 0 Å². The molecule has 252 valence electrons. The third kappa shape index (κ3) is 4.83. The summed E-state index contributed by atoms with van der Waals surface area (Å²) in [5.74, 6) is 0. The lowest BCUT2D eigenvalue weighted by molar-refractivity contribution is 0.564. The highest BCUT2D eigenvalue weighted by molar-refractivity contribution is 6.30. The monoisotopic (exact) mass is 696 g/mol. The molecular weight excluding hydrogens is 660 g/mol. The highest BCUT2D eigenvalue weighted by Crippen LogP contribution is 2.63. The molecule has 0 aromatic heterocycles. The van der Waals surface area contributed by atoms with Gasteiger partial charge < -0.3 is 0 Å². The van der Waals surface area contributed by atoms with E-state index in [1.54, 1.807) is 0 Å². The van der Waals surface area contributed by atoms with Crippen molar-refractivity contribution in [2.24, 2.45) is 0 Å². The standard InChI is InChI=1S/C52H37Cl/c1-51(2)46-29-25-41(39-23-19-37(20-24-39)35-13-7-4-8-14-35)32-50(46)52(45-16-10-9-15-43(45)44-28-27-42(53)33-48(44)52)47-30-26-40(31-49(47)51)38-21-17-36(18-22-38)34-11-5-3-6-12-34/h3-33H,1-2H3. The van der Waals surface area contributed by atoms with E-state index in [-0.39, 0.29) is 5.41 Å². The average Bonchev–Trinajstić information content (AvgIpc) is 3.50. The molecule has 0 N–H and O–H groups in total. The largest absolute Gasteiger partial charge is 0.0843 e. The Labute approximate surface area is 317 Å². The molecule has 1 atom stereocenters. The van der Waals surface area contributed by atoms with E-state index in [0.717, 1.165) is 5.02 Å². The summed E-state index contributed by atoms with van der Waals surface area (Å²) < 4.78 is 0. The van der Waals surface area contributed by atoms with Gasteiger partial charge in [0.25, 0.3) is 0 Å². The fraction of sp³-hybridized carbons (Fsp3) is 0.0769. The fourth-order valence-electron chi connectivity index (χ4n) is 9.24. The van der Waals surface area contributed by atoms with Crippen LogP contribution in [0, 0.1) is 0 Å². The van der Waals surface area contributed by atoms with Crippen molar-refractivity contribution < 1.29 is 0 Å². The van der Waals surface area contributed by atoms with Crippen molar-refractivity contribution in [3.63, 3.8) is 0 Å². The van der Waals surface area contributed by atoms with Crippen molar-refractivity contribution in [3.05, 3.63) is 226 Å². The molecule has 53 heavy (non-hydrogen) atoms. The molecule has 1 spiro atoms. The molecule has 0 nitrogen and oxygen atoms in total. The topological polar surface area (TPSA) is 0 Å². The molecule has 0 amide bonds. The predicted octanol–water partition coefficient (Wildman–Crippen LogP) is 14.0. The van der Waals surface area contributed by atoms with Gasteiger partial charge in [0.15, 0.2) is 0 Å². The fourth-order valence-corrected chi connectivity index (χ4v) is 9.41. The van der Waals surface area contributed by atoms with Crippen molar-refractivity contribution in [1.29, 1.82) is 0 Å². The lowest BCUT2D eigenvalue weighted by atomic mass is 9.55. The molecular formula is C52H37Cl. The van der Waals surface area contributed by atoms with Crippen LogP contribution in [-0.4, -0.2) is 0 Å². The average molecular weight is 697 g/mol. The van der Waals surface area contributed by atoms with E-state index in [1.165, 1.54) is 89.0 Å². The molecule has 0 radical (unpaired) electrons. The second kappa shape index (κ2) is 12.1. The van der Waals surface area contributed by atoms with Crippen molar-refractivity contribution >= 4 is 11.6 Å². The van der Waals surface area contributed by atoms with E-state index >= 15 is 0 Å². The van der Waals surface area contributed by atoms with Crippen molar-refractivity contribution in [3.8, 4) is 55.6 Å². The van der Waals surface area contributed by atoms with Crippen LogP contribution < -0.4 is 0 Å². The summed E-state index contributed by atoms with van der Waals surface area (Å²) in [4.78, 5) is 0. The summed E-state index contributed by atoms with van der Waals surface area (Å²) in [6.07, 6.45) is 0. The Hall–Kier alpha value is -5.95. The molecule has 8 aromatic rings. The molecule has 1 unspecified atom stereocenters. The number of fused-ring (bicyclic) bond motifs is 9. The molecule has 10 rings (SSSR count). The van der Waals surface area contributed by atoms with E-state index in [2.05, 4.69) is 196 Å². The Kier molecular flexibility index (Phi) is 7.22. The normalized spacial score (nSPS) is 16.1. The first-order valence-corrected chi connectivity index (χ1v) is 18.8. The second-order valence-corrected chi connectivity index (χ2v) is 15.5. The second-order valence-electron chi connectivity index (χ2n) is 15.0. The summed E-state index contributed by atoms with van der Waals surface area (Å²) in [5.41, 5.74) is 19.4. The van der Waals surface area contributed by atoms with Gasteiger partial charge in [0.2, 0.25) is 0 Å². The molecule has 0 fully saturated rings. The minimum absolute atomic E-state index is 0.262. The zero-order valence-electron chi connectivity index (χ0n) is 29.8. The first-order valence-electron chi connectivity index (χ1n) is 18.4. The highest BCUT2D eigenvalue weighted by atomic mass is 35.5. The third-order valence-corrected chi connectivity index (χ3v) is 12.1. The number of halogens is 1. The van der Waals surface area contributed by atoms with Gasteiger partial charge in [-0.3, -0.25) is 0 Å². The van der Waals surface area contributed by atoms with Gasteiger partial charge in [-0.05, 0) is 113 Å². The molecule has 0 bridgehead atoms. The SMILES string of the molecule is CC1(C)c2cc(-c3ccc(-c4ccccc4)cc3)ccc2C2(c3ccccc3-c3ccc(Cl)cc32)c2cc(-c3ccc(-c4ccccc4)cc3)ccc21. The smallest absolute Gasteiger partial charge is 0.0720 e. The molecule has 2 aliphatic rings. The quantitative estimate of drug-likeness (QED) is 0.172. The van der Waals surface area contributed by atoms with Crippen molar-refractivity contribution in [1.82, 2.24) is 0 Å². The summed E-state index contributed by atoms with van der Waals surface area (Å²) in [6, 6.07) is 69.1. The van der Waals surface area contributed by atoms with Gasteiger partial charge in [0, 0.05) is 10.4 Å². The van der Waals surface area contributed by atoms with Crippen LogP contribution >= 0.6 is 11.6 Å². The molecule has 2 aliphatic carbocycles. The Balaban J connectivity index is 1.19. The summed E-state index contributed by atoms with van der Waals surface area (Å²) in [7, 11) is 0. The maximum atomic E-state index is 6.93. The van der Waals surface area contributed by atoms with Gasteiger partial charge in [-0.25, -0.2) is 0 Å². The van der Waals surface area contributed by atoms with Gasteiger partial charge in [-0.15, -0.1) is 0 Å². The summed E-state index contributed by atoms with van der Waals surface area (Å²) in [5, 5.41) is 0.756. The van der Waals surface area contributed by atoms with Crippen LogP contribution in [-0.2, 0) is 10.8 Å². The number of benzene rings is 8. The van der Waals surface area contributed by atoms with Crippen LogP contribution in [0.1, 0.15) is 47.2 Å². The Morgan fingerprint density at radius 2 is 0.736 bits per heavy atom. The van der Waals surface area contributed by atoms with Crippen LogP contribution in [0.2, 0.25) is 5.02 Å². The lowest BCUT2D eigenvalue weighted by Crippen LogP contribution is -2.40. The van der Waals surface area contributed by atoms with E-state index in [4.69, 9.17) is 11.6 Å². The lowest BCUT2D eigenvalue weighted by Gasteiger charge is -2.47. The minimum atomic E-state index is -0.535. The van der Waals surface area contributed by atoms with E-state index < -0.39 is 5.41 Å². The zero-order chi connectivity index (χ0) is 35.7. The van der Waals surface area contributed by atoms with Crippen LogP contribution in [0.4, 0.5) is 0 Å². The van der Waals surface area contributed by atoms with Crippen molar-refractivity contribution in [2.45, 2.75) is 24.7 Å². The maximum Gasteiger partial charge on any atom is 0.0720 e. The number of hydrogen-bond donors (Lipinski definition) is 0. The summed E-state index contributed by atoms with van der Waals surface area (Å²) in [6.45, 7) is 4.79. The zero-order valence-corrected chi connectivity index (χ0v) is 30.5. The molecule has 0 saturated carbocycles. The van der Waals surface area contributed by atoms with Gasteiger partial charge in [-0.2, -0.15) is 0 Å². The van der Waals surface area contributed by atoms with E-state index in [9.17, 15) is 0 Å². The van der Waals surface area contributed by atoms with E-state index in [0.29, 0.717) is 0 Å². The third-order valence-electron chi connectivity index (χ3n) is 11.9. The summed E-state index contributed by atoms with van der Waals surface area (Å²) >= 11 is 6.93. The number of hydrogen-bond acceptors (Lipinski definition) is 0. The Bertz CT molecular complexity index is 2670. The van der Waals surface area contributed by atoms with Gasteiger partial charge in [0.1, 0.15) is 0 Å². The molecule has 1 heteroatoms. The Morgan fingerprint density at radius 3 is 1.32 bits per heavy atom. The first-order chi connectivity index (χ1) is 25.9. The van der Waals surface area contributed by atoms with Crippen LogP contribution in [0.15, 0.2) is 188 Å². The minimum Gasteiger partial charge on any atom is -0.0843 e. The molecule has 0 saturated heterocycles. The van der Waals surface area contributed by atoms with E-state index in [1.807, 2.05) is 6.07 Å². The highest BCUT2D eigenvalue weighted by Gasteiger charge is 2.53. The van der Waals surface area contributed by atoms with Crippen LogP contribution in [0.5, 0.6) is 0 Å². The molecule has 0 aliphatic heterocycles. The van der Waals surface area contributed by atoms with Gasteiger partial charge in [0.05, 0.1) is 5.41 Å². The molecule has 8 aromatic carbocycles. The van der Waals surface area contributed by atoms with Crippen LogP contribution in [0.3, 0.4) is 0 Å².